The molecule has 3 aliphatic rings. The molecule has 5 nitrogen and oxygen atoms in total. The summed E-state index contributed by atoms with van der Waals surface area (Å²) in [6.45, 7) is 5.56. The minimum atomic E-state index is 0.144. The molecule has 3 fully saturated rings. The number of hydrogen-bond donors (Lipinski definition) is 0. The molecule has 3 atom stereocenters. The van der Waals surface area contributed by atoms with Gasteiger partial charge in [0.2, 0.25) is 5.91 Å². The lowest BCUT2D eigenvalue weighted by atomic mass is 9.78. The maximum absolute atomic E-state index is 13.0. The van der Waals surface area contributed by atoms with Crippen molar-refractivity contribution < 1.29 is 14.3 Å². The second-order valence-corrected chi connectivity index (χ2v) is 7.87. The molecule has 3 aliphatic heterocycles. The van der Waals surface area contributed by atoms with Crippen LogP contribution in [-0.2, 0) is 16.1 Å². The lowest BCUT2D eigenvalue weighted by Gasteiger charge is -2.45. The van der Waals surface area contributed by atoms with E-state index < -0.39 is 0 Å². The molecule has 26 heavy (non-hydrogen) atoms. The number of amides is 1. The summed E-state index contributed by atoms with van der Waals surface area (Å²) >= 11 is 0. The third-order valence-corrected chi connectivity index (χ3v) is 6.25. The fourth-order valence-electron chi connectivity index (χ4n) is 4.80. The second-order valence-electron chi connectivity index (χ2n) is 7.87. The summed E-state index contributed by atoms with van der Waals surface area (Å²) in [4.78, 5) is 17.6. The van der Waals surface area contributed by atoms with Crippen LogP contribution >= 0.6 is 0 Å². The van der Waals surface area contributed by atoms with Gasteiger partial charge in [-0.05, 0) is 43.4 Å². The van der Waals surface area contributed by atoms with Gasteiger partial charge < -0.3 is 14.4 Å². The Balaban J connectivity index is 1.41. The highest BCUT2D eigenvalue weighted by molar-refractivity contribution is 5.79. The number of methoxy groups -OCH3 is 1. The summed E-state index contributed by atoms with van der Waals surface area (Å²) in [5.74, 6) is 1.76. The van der Waals surface area contributed by atoms with Crippen molar-refractivity contribution in [1.29, 1.82) is 0 Å². The van der Waals surface area contributed by atoms with E-state index in [1.165, 1.54) is 5.56 Å². The quantitative estimate of drug-likeness (QED) is 0.830. The van der Waals surface area contributed by atoms with Gasteiger partial charge in [0, 0.05) is 51.2 Å². The Bertz CT molecular complexity index is 612. The number of fused-ring (bicyclic) bond motifs is 1. The highest BCUT2D eigenvalue weighted by Gasteiger charge is 2.43. The van der Waals surface area contributed by atoms with Crippen molar-refractivity contribution in [2.75, 3.05) is 39.9 Å². The molecule has 142 valence electrons. The van der Waals surface area contributed by atoms with Gasteiger partial charge in [-0.2, -0.15) is 0 Å². The molecular formula is C21H30N2O3. The Morgan fingerprint density at radius 3 is 2.65 bits per heavy atom. The second kappa shape index (κ2) is 7.97. The Hall–Kier alpha value is -1.59. The van der Waals surface area contributed by atoms with Gasteiger partial charge in [-0.15, -0.1) is 0 Å². The molecule has 3 heterocycles. The zero-order valence-electron chi connectivity index (χ0n) is 15.7. The van der Waals surface area contributed by atoms with E-state index >= 15 is 0 Å². The molecule has 0 unspecified atom stereocenters. The number of piperidine rings is 1. The number of benzene rings is 1. The van der Waals surface area contributed by atoms with Crippen LogP contribution in [0.2, 0.25) is 0 Å². The van der Waals surface area contributed by atoms with Crippen molar-refractivity contribution in [1.82, 2.24) is 9.80 Å². The van der Waals surface area contributed by atoms with Crippen LogP contribution < -0.4 is 4.74 Å². The van der Waals surface area contributed by atoms with Crippen LogP contribution in [0.1, 0.15) is 31.2 Å². The number of ether oxygens (including phenoxy) is 2. The van der Waals surface area contributed by atoms with Gasteiger partial charge in [0.05, 0.1) is 13.2 Å². The highest BCUT2D eigenvalue weighted by Crippen LogP contribution is 2.35. The minimum Gasteiger partial charge on any atom is -0.497 e. The van der Waals surface area contributed by atoms with E-state index in [9.17, 15) is 4.79 Å². The fourth-order valence-corrected chi connectivity index (χ4v) is 4.80. The Labute approximate surface area is 156 Å². The predicted molar refractivity (Wildman–Crippen MR) is 100 cm³/mol. The molecule has 1 aromatic carbocycles. The number of carbonyl (C=O) groups is 1. The molecule has 5 heteroatoms. The molecule has 0 bridgehead atoms. The molecule has 4 rings (SSSR count). The zero-order valence-corrected chi connectivity index (χ0v) is 15.7. The van der Waals surface area contributed by atoms with Crippen LogP contribution in [0.15, 0.2) is 24.3 Å². The Kier molecular flexibility index (Phi) is 5.46. The standard InChI is InChI=1S/C21H30N2O3/c1-25-17-6-4-16(5-7-17)14-22-12-8-20-19(15-22)18(9-13-26-20)21(24)23-10-2-3-11-23/h4-7,18-20H,2-3,8-15H2,1H3/t18-,19+,20-/m0/s1. The first kappa shape index (κ1) is 17.8. The first-order valence-electron chi connectivity index (χ1n) is 10.0. The van der Waals surface area contributed by atoms with E-state index in [1.807, 2.05) is 12.1 Å². The van der Waals surface area contributed by atoms with Crippen molar-refractivity contribution in [3.8, 4) is 5.75 Å². The lowest BCUT2D eigenvalue weighted by molar-refractivity contribution is -0.150. The van der Waals surface area contributed by atoms with E-state index in [0.29, 0.717) is 11.8 Å². The monoisotopic (exact) mass is 358 g/mol. The number of rotatable bonds is 4. The number of hydrogen-bond acceptors (Lipinski definition) is 4. The van der Waals surface area contributed by atoms with E-state index in [1.54, 1.807) is 7.11 Å². The molecule has 0 aromatic heterocycles. The maximum Gasteiger partial charge on any atom is 0.226 e. The van der Waals surface area contributed by atoms with Gasteiger partial charge in [0.25, 0.3) is 0 Å². The van der Waals surface area contributed by atoms with Crippen molar-refractivity contribution in [2.24, 2.45) is 11.8 Å². The summed E-state index contributed by atoms with van der Waals surface area (Å²) in [6.07, 6.45) is 4.49. The van der Waals surface area contributed by atoms with Gasteiger partial charge >= 0.3 is 0 Å². The van der Waals surface area contributed by atoms with Crippen LogP contribution in [0.25, 0.3) is 0 Å². The summed E-state index contributed by atoms with van der Waals surface area (Å²) in [5, 5.41) is 0. The third kappa shape index (κ3) is 3.74. The predicted octanol–water partition coefficient (Wildman–Crippen LogP) is 2.54. The van der Waals surface area contributed by atoms with Gasteiger partial charge in [0.15, 0.2) is 0 Å². The Morgan fingerprint density at radius 2 is 1.92 bits per heavy atom. The summed E-state index contributed by atoms with van der Waals surface area (Å²) in [7, 11) is 1.69. The topological polar surface area (TPSA) is 42.0 Å². The first-order valence-corrected chi connectivity index (χ1v) is 10.0. The van der Waals surface area contributed by atoms with E-state index in [4.69, 9.17) is 9.47 Å². The van der Waals surface area contributed by atoms with Crippen molar-refractivity contribution in [3.05, 3.63) is 29.8 Å². The molecular weight excluding hydrogens is 328 g/mol. The molecule has 0 spiro atoms. The minimum absolute atomic E-state index is 0.144. The maximum atomic E-state index is 13.0. The van der Waals surface area contributed by atoms with Crippen molar-refractivity contribution in [2.45, 2.75) is 38.3 Å². The van der Waals surface area contributed by atoms with Crippen LogP contribution in [-0.4, -0.2) is 61.7 Å². The van der Waals surface area contributed by atoms with E-state index in [0.717, 1.165) is 70.8 Å². The van der Waals surface area contributed by atoms with Crippen molar-refractivity contribution in [3.63, 3.8) is 0 Å². The molecule has 0 radical (unpaired) electrons. The highest BCUT2D eigenvalue weighted by atomic mass is 16.5. The van der Waals surface area contributed by atoms with Crippen LogP contribution in [0, 0.1) is 11.8 Å². The Morgan fingerprint density at radius 1 is 1.15 bits per heavy atom. The van der Waals surface area contributed by atoms with Crippen LogP contribution in [0.4, 0.5) is 0 Å². The number of carbonyl (C=O) groups excluding carboxylic acids is 1. The van der Waals surface area contributed by atoms with Gasteiger partial charge in [-0.25, -0.2) is 0 Å². The van der Waals surface area contributed by atoms with Crippen LogP contribution in [0.5, 0.6) is 5.75 Å². The number of likely N-dealkylation sites (tertiary alicyclic amines) is 2. The normalized spacial score (nSPS) is 29.4. The van der Waals surface area contributed by atoms with Gasteiger partial charge in [-0.3, -0.25) is 9.69 Å². The lowest BCUT2D eigenvalue weighted by Crippen LogP contribution is -2.53. The SMILES string of the molecule is COc1ccc(CN2CC[C@@H]3OCC[C@H](C(=O)N4CCCC4)[C@H]3C2)cc1. The molecule has 3 saturated heterocycles. The molecule has 0 aliphatic carbocycles. The van der Waals surface area contributed by atoms with E-state index in [-0.39, 0.29) is 12.0 Å². The van der Waals surface area contributed by atoms with E-state index in [2.05, 4.69) is 21.9 Å². The zero-order chi connectivity index (χ0) is 17.9. The summed E-state index contributed by atoms with van der Waals surface area (Å²) in [5.41, 5.74) is 1.29. The van der Waals surface area contributed by atoms with Crippen LogP contribution in [0.3, 0.4) is 0 Å². The first-order chi connectivity index (χ1) is 12.7. The average molecular weight is 358 g/mol. The average Bonchev–Trinajstić information content (AvgIpc) is 3.22. The fraction of sp³-hybridized carbons (Fsp3) is 0.667. The molecule has 0 N–H and O–H groups in total. The molecule has 0 saturated carbocycles. The summed E-state index contributed by atoms with van der Waals surface area (Å²) < 4.78 is 11.3. The molecule has 1 amide bonds. The number of nitrogens with zero attached hydrogens (tertiary/aromatic N) is 2. The smallest absolute Gasteiger partial charge is 0.226 e. The van der Waals surface area contributed by atoms with Gasteiger partial charge in [-0.1, -0.05) is 12.1 Å². The molecule has 1 aromatic rings. The summed E-state index contributed by atoms with van der Waals surface area (Å²) in [6, 6.07) is 8.31. The largest absolute Gasteiger partial charge is 0.497 e. The van der Waals surface area contributed by atoms with Gasteiger partial charge in [0.1, 0.15) is 5.75 Å². The third-order valence-electron chi connectivity index (χ3n) is 6.25. The van der Waals surface area contributed by atoms with Crippen molar-refractivity contribution >= 4 is 5.91 Å².